The number of aromatic nitrogens is 4. The summed E-state index contributed by atoms with van der Waals surface area (Å²) in [6.07, 6.45) is 0. The van der Waals surface area contributed by atoms with Gasteiger partial charge in [-0.1, -0.05) is 121 Å². The summed E-state index contributed by atoms with van der Waals surface area (Å²) < 4.78 is 8.87. The second kappa shape index (κ2) is 11.4. The number of para-hydroxylation sites is 1. The van der Waals surface area contributed by atoms with Gasteiger partial charge >= 0.3 is 0 Å². The number of benzene rings is 7. The summed E-state index contributed by atoms with van der Waals surface area (Å²) in [5.41, 5.74) is 10.1. The van der Waals surface area contributed by atoms with Crippen molar-refractivity contribution in [2.45, 2.75) is 0 Å². The Kier molecular flexibility index (Phi) is 6.42. The molecule has 0 N–H and O–H groups in total. The number of fused-ring (bicyclic) bond motifs is 6. The number of hydrogen-bond acceptors (Lipinski definition) is 4. The summed E-state index contributed by atoms with van der Waals surface area (Å²) in [5.74, 6) is 1.87. The fourth-order valence-electron chi connectivity index (χ4n) is 7.11. The van der Waals surface area contributed by atoms with Crippen LogP contribution in [0.1, 0.15) is 0 Å². The van der Waals surface area contributed by atoms with Crippen molar-refractivity contribution in [1.29, 1.82) is 0 Å². The predicted octanol–water partition coefficient (Wildman–Crippen LogP) is 11.5. The highest BCUT2D eigenvalue weighted by atomic mass is 16.3. The van der Waals surface area contributed by atoms with Crippen LogP contribution >= 0.6 is 0 Å². The molecule has 0 spiro atoms. The highest BCUT2D eigenvalue weighted by Crippen LogP contribution is 2.40. The zero-order valence-electron chi connectivity index (χ0n) is 26.9. The summed E-state index contributed by atoms with van der Waals surface area (Å²) in [6.45, 7) is 0. The Hall–Kier alpha value is -6.85. The van der Waals surface area contributed by atoms with Gasteiger partial charge in [-0.3, -0.25) is 0 Å². The van der Waals surface area contributed by atoms with Gasteiger partial charge in [-0.05, 0) is 59.7 Å². The molecule has 0 amide bonds. The third-order valence-corrected chi connectivity index (χ3v) is 9.45. The van der Waals surface area contributed by atoms with Gasteiger partial charge in [-0.2, -0.15) is 0 Å². The van der Waals surface area contributed by atoms with Crippen molar-refractivity contribution in [1.82, 2.24) is 19.5 Å². The van der Waals surface area contributed by atoms with Gasteiger partial charge in [0.15, 0.2) is 17.5 Å². The van der Waals surface area contributed by atoms with E-state index in [1.807, 2.05) is 78.9 Å². The van der Waals surface area contributed by atoms with Crippen molar-refractivity contribution in [3.8, 4) is 51.0 Å². The third-order valence-electron chi connectivity index (χ3n) is 9.45. The van der Waals surface area contributed by atoms with Crippen LogP contribution in [0.25, 0.3) is 94.7 Å². The SMILES string of the molecule is c1ccc(-c2ccc3c(c2)c2ccccc2n3-c2cccc3oc4ccc(-c5nc(-c6ccccc6)nc(-c6ccccc6)n5)cc4c23)cc1. The predicted molar refractivity (Wildman–Crippen MR) is 203 cm³/mol. The molecule has 3 aromatic heterocycles. The summed E-state index contributed by atoms with van der Waals surface area (Å²) >= 11 is 0. The molecule has 10 aromatic rings. The molecule has 0 fully saturated rings. The minimum atomic E-state index is 0.608. The average Bonchev–Trinajstić information content (AvgIpc) is 3.74. The lowest BCUT2D eigenvalue weighted by atomic mass is 10.0. The van der Waals surface area contributed by atoms with Crippen molar-refractivity contribution in [2.24, 2.45) is 0 Å². The normalized spacial score (nSPS) is 11.6. The summed E-state index contributed by atoms with van der Waals surface area (Å²) in [6, 6.07) is 58.6. The van der Waals surface area contributed by atoms with Crippen LogP contribution < -0.4 is 0 Å². The van der Waals surface area contributed by atoms with Crippen molar-refractivity contribution in [2.75, 3.05) is 0 Å². The van der Waals surface area contributed by atoms with E-state index in [4.69, 9.17) is 19.4 Å². The van der Waals surface area contributed by atoms with Crippen molar-refractivity contribution >= 4 is 43.7 Å². The van der Waals surface area contributed by atoms with Crippen LogP contribution in [0.3, 0.4) is 0 Å². The first-order valence-corrected chi connectivity index (χ1v) is 16.7. The molecule has 5 heteroatoms. The van der Waals surface area contributed by atoms with Crippen LogP contribution in [0.2, 0.25) is 0 Å². The van der Waals surface area contributed by atoms with Gasteiger partial charge < -0.3 is 8.98 Å². The fraction of sp³-hybridized carbons (Fsp3) is 0. The maximum absolute atomic E-state index is 6.50. The van der Waals surface area contributed by atoms with Crippen molar-refractivity contribution < 1.29 is 4.42 Å². The molecule has 5 nitrogen and oxygen atoms in total. The quantitative estimate of drug-likeness (QED) is 0.188. The molecule has 0 aliphatic heterocycles. The Morgan fingerprint density at radius 2 is 0.920 bits per heavy atom. The maximum Gasteiger partial charge on any atom is 0.164 e. The van der Waals surface area contributed by atoms with Gasteiger partial charge in [-0.25, -0.2) is 15.0 Å². The molecule has 0 saturated heterocycles. The molecule has 0 aliphatic rings. The van der Waals surface area contributed by atoms with Crippen molar-refractivity contribution in [3.05, 3.63) is 170 Å². The first-order valence-electron chi connectivity index (χ1n) is 16.7. The van der Waals surface area contributed by atoms with Crippen molar-refractivity contribution in [3.63, 3.8) is 0 Å². The Morgan fingerprint density at radius 1 is 0.360 bits per heavy atom. The molecule has 0 radical (unpaired) electrons. The monoisotopic (exact) mass is 640 g/mol. The van der Waals surface area contributed by atoms with Gasteiger partial charge in [0.1, 0.15) is 11.2 Å². The third kappa shape index (κ3) is 4.60. The molecule has 10 rings (SSSR count). The molecule has 50 heavy (non-hydrogen) atoms. The van der Waals surface area contributed by atoms with Gasteiger partial charge in [0.25, 0.3) is 0 Å². The molecule has 0 unspecified atom stereocenters. The molecule has 0 saturated carbocycles. The summed E-state index contributed by atoms with van der Waals surface area (Å²) in [5, 5.41) is 4.46. The van der Waals surface area contributed by atoms with Gasteiger partial charge in [0.05, 0.1) is 22.1 Å². The van der Waals surface area contributed by atoms with Gasteiger partial charge in [0.2, 0.25) is 0 Å². The van der Waals surface area contributed by atoms with Crippen LogP contribution in [-0.2, 0) is 0 Å². The molecule has 0 atom stereocenters. The van der Waals surface area contributed by atoms with Gasteiger partial charge in [0, 0.05) is 32.8 Å². The van der Waals surface area contributed by atoms with Crippen LogP contribution in [0, 0.1) is 0 Å². The molecule has 7 aromatic carbocycles. The summed E-state index contributed by atoms with van der Waals surface area (Å²) in [4.78, 5) is 14.9. The largest absolute Gasteiger partial charge is 0.456 e. The number of furan rings is 1. The minimum absolute atomic E-state index is 0.608. The zero-order valence-corrected chi connectivity index (χ0v) is 26.9. The number of hydrogen-bond donors (Lipinski definition) is 0. The molecule has 234 valence electrons. The Balaban J connectivity index is 1.20. The topological polar surface area (TPSA) is 56.7 Å². The lowest BCUT2D eigenvalue weighted by Gasteiger charge is -2.11. The molecule has 0 aliphatic carbocycles. The zero-order chi connectivity index (χ0) is 33.0. The van der Waals surface area contributed by atoms with Crippen LogP contribution in [0.5, 0.6) is 0 Å². The van der Waals surface area contributed by atoms with E-state index in [0.29, 0.717) is 17.5 Å². The highest BCUT2D eigenvalue weighted by molar-refractivity contribution is 6.15. The van der Waals surface area contributed by atoms with Crippen LogP contribution in [-0.4, -0.2) is 19.5 Å². The lowest BCUT2D eigenvalue weighted by Crippen LogP contribution is -2.00. The van der Waals surface area contributed by atoms with E-state index in [1.165, 1.54) is 21.9 Å². The highest BCUT2D eigenvalue weighted by Gasteiger charge is 2.20. The van der Waals surface area contributed by atoms with E-state index in [2.05, 4.69) is 95.6 Å². The number of nitrogens with zero attached hydrogens (tertiary/aromatic N) is 4. The average molecular weight is 641 g/mol. The Bertz CT molecular complexity index is 2800. The van der Waals surface area contributed by atoms with E-state index >= 15 is 0 Å². The van der Waals surface area contributed by atoms with Crippen LogP contribution in [0.4, 0.5) is 0 Å². The van der Waals surface area contributed by atoms with E-state index in [9.17, 15) is 0 Å². The lowest BCUT2D eigenvalue weighted by molar-refractivity contribution is 0.669. The smallest absolute Gasteiger partial charge is 0.164 e. The minimum Gasteiger partial charge on any atom is -0.456 e. The molecule has 0 bridgehead atoms. The van der Waals surface area contributed by atoms with E-state index < -0.39 is 0 Å². The van der Waals surface area contributed by atoms with Crippen LogP contribution in [0.15, 0.2) is 174 Å². The van der Waals surface area contributed by atoms with E-state index in [1.54, 1.807) is 0 Å². The Morgan fingerprint density at radius 3 is 1.62 bits per heavy atom. The second-order valence-electron chi connectivity index (χ2n) is 12.5. The standard InChI is InChI=1S/C45H28N4O/c1-4-13-29(14-5-1)32-23-25-38-35(27-32)34-19-10-11-20-37(34)49(38)39-21-12-22-41-42(39)36-28-33(24-26-40(36)50-41)45-47-43(30-15-6-2-7-16-30)46-44(48-45)31-17-8-3-9-18-31/h1-28H. The molecular formula is C45H28N4O. The van der Waals surface area contributed by atoms with E-state index in [0.717, 1.165) is 55.3 Å². The Labute approximate surface area is 287 Å². The maximum atomic E-state index is 6.50. The molecule has 3 heterocycles. The summed E-state index contributed by atoms with van der Waals surface area (Å²) in [7, 11) is 0. The number of rotatable bonds is 5. The van der Waals surface area contributed by atoms with Gasteiger partial charge in [-0.15, -0.1) is 0 Å². The fourth-order valence-corrected chi connectivity index (χ4v) is 7.11. The van der Waals surface area contributed by atoms with E-state index in [-0.39, 0.29) is 0 Å². The molecular weight excluding hydrogens is 613 g/mol. The first kappa shape index (κ1) is 28.2. The first-order chi connectivity index (χ1) is 24.8. The second-order valence-corrected chi connectivity index (χ2v) is 12.5.